The Morgan fingerprint density at radius 3 is 2.39 bits per heavy atom. The summed E-state index contributed by atoms with van der Waals surface area (Å²) in [6.45, 7) is 2.91. The molecule has 1 saturated carbocycles. The minimum Gasteiger partial charge on any atom is -0.501 e. The number of aromatic nitrogens is 2. The third kappa shape index (κ3) is 6.07. The quantitative estimate of drug-likeness (QED) is 0.372. The van der Waals surface area contributed by atoms with E-state index in [1.807, 2.05) is 0 Å². The average Bonchev–Trinajstić information content (AvgIpc) is 3.19. The maximum atomic E-state index is 13.7. The number of benzene rings is 1. The van der Waals surface area contributed by atoms with Crippen molar-refractivity contribution in [2.45, 2.75) is 51.2 Å². The van der Waals surface area contributed by atoms with Gasteiger partial charge in [0, 0.05) is 52.2 Å². The minimum atomic E-state index is -3.10. The highest BCUT2D eigenvalue weighted by molar-refractivity contribution is 7.91. The van der Waals surface area contributed by atoms with Crippen LogP contribution in [-0.4, -0.2) is 95.8 Å². The Labute approximate surface area is 254 Å². The molecule has 44 heavy (non-hydrogen) atoms. The van der Waals surface area contributed by atoms with Gasteiger partial charge in [0.15, 0.2) is 15.5 Å². The van der Waals surface area contributed by atoms with E-state index in [1.165, 1.54) is 30.8 Å². The standard InChI is InChI=1S/C29H37FN6O7S/c1-18-14-19(4-5-20(18)30)15-31-23(38)21-22(37)25(40)36-17-28(16-35-10-12-44(42,43)13-11-35)6-8-29(9-7-28,27(36)32-21)33-24(39)26(41)34(2)3/h4-5,14,37H,6-13,15-17H2,1-3H3,(H,31,38)(H,33,39). The van der Waals surface area contributed by atoms with Crippen molar-refractivity contribution in [1.82, 2.24) is 30.0 Å². The molecular formula is C29H37FN6O7S. The molecule has 3 N–H and O–H groups in total. The van der Waals surface area contributed by atoms with Crippen molar-refractivity contribution in [3.05, 3.63) is 57.0 Å². The molecule has 2 fully saturated rings. The normalized spacial score (nSPS) is 24.2. The lowest BCUT2D eigenvalue weighted by molar-refractivity contribution is -0.145. The topological polar surface area (TPSA) is 171 Å². The molecule has 3 amide bonds. The van der Waals surface area contributed by atoms with Gasteiger partial charge in [0.05, 0.1) is 17.0 Å². The average molecular weight is 633 g/mol. The molecule has 6 rings (SSSR count). The fourth-order valence-electron chi connectivity index (χ4n) is 6.47. The summed E-state index contributed by atoms with van der Waals surface area (Å²) in [6.07, 6.45) is 1.64. The highest BCUT2D eigenvalue weighted by Crippen LogP contribution is 2.50. The number of rotatable bonds is 6. The van der Waals surface area contributed by atoms with E-state index in [2.05, 4.69) is 20.5 Å². The molecule has 238 valence electrons. The van der Waals surface area contributed by atoms with E-state index in [1.54, 1.807) is 13.0 Å². The predicted molar refractivity (Wildman–Crippen MR) is 157 cm³/mol. The minimum absolute atomic E-state index is 0.0205. The third-order valence-electron chi connectivity index (χ3n) is 9.07. The number of nitrogens with zero attached hydrogens (tertiary/aromatic N) is 4. The Hall–Kier alpha value is -3.85. The van der Waals surface area contributed by atoms with E-state index >= 15 is 0 Å². The summed E-state index contributed by atoms with van der Waals surface area (Å²) < 4.78 is 39.0. The van der Waals surface area contributed by atoms with Crippen molar-refractivity contribution in [3.8, 4) is 5.75 Å². The summed E-state index contributed by atoms with van der Waals surface area (Å²) in [7, 11) is -0.214. The first-order valence-corrected chi connectivity index (χ1v) is 16.3. The van der Waals surface area contributed by atoms with E-state index in [0.29, 0.717) is 56.4 Å². The van der Waals surface area contributed by atoms with E-state index < -0.39 is 61.3 Å². The summed E-state index contributed by atoms with van der Waals surface area (Å²) in [5.41, 5.74) is -2.17. The van der Waals surface area contributed by atoms with Crippen molar-refractivity contribution in [2.75, 3.05) is 45.2 Å². The van der Waals surface area contributed by atoms with Gasteiger partial charge in [-0.1, -0.05) is 12.1 Å². The molecule has 3 aliphatic heterocycles. The zero-order valence-electron chi connectivity index (χ0n) is 25.0. The van der Waals surface area contributed by atoms with Crippen LogP contribution in [0.4, 0.5) is 4.39 Å². The first kappa shape index (κ1) is 31.6. The van der Waals surface area contributed by atoms with Gasteiger partial charge < -0.3 is 25.5 Å². The molecule has 1 aliphatic carbocycles. The van der Waals surface area contributed by atoms with Crippen LogP contribution >= 0.6 is 0 Å². The largest absolute Gasteiger partial charge is 0.501 e. The monoisotopic (exact) mass is 632 g/mol. The van der Waals surface area contributed by atoms with Gasteiger partial charge in [0.25, 0.3) is 11.5 Å². The van der Waals surface area contributed by atoms with Crippen molar-refractivity contribution in [3.63, 3.8) is 0 Å². The first-order valence-electron chi connectivity index (χ1n) is 14.5. The molecule has 1 aromatic carbocycles. The molecular weight excluding hydrogens is 595 g/mol. The van der Waals surface area contributed by atoms with Gasteiger partial charge in [-0.15, -0.1) is 0 Å². The van der Waals surface area contributed by atoms with Gasteiger partial charge in [-0.05, 0) is 49.8 Å². The van der Waals surface area contributed by atoms with Crippen LogP contribution in [0, 0.1) is 18.2 Å². The van der Waals surface area contributed by atoms with E-state index in [-0.39, 0.29) is 30.4 Å². The molecule has 2 bridgehead atoms. The van der Waals surface area contributed by atoms with Crippen LogP contribution in [0.1, 0.15) is 53.1 Å². The molecule has 0 radical (unpaired) electrons. The van der Waals surface area contributed by atoms with Gasteiger partial charge in [0.2, 0.25) is 5.75 Å². The van der Waals surface area contributed by atoms with Gasteiger partial charge in [-0.3, -0.25) is 23.7 Å². The van der Waals surface area contributed by atoms with Gasteiger partial charge in [-0.2, -0.15) is 0 Å². The molecule has 2 aromatic rings. The van der Waals surface area contributed by atoms with E-state index in [0.717, 1.165) is 4.90 Å². The summed E-state index contributed by atoms with van der Waals surface area (Å²) in [5, 5.41) is 16.4. The molecule has 0 spiro atoms. The maximum Gasteiger partial charge on any atom is 0.311 e. The fourth-order valence-corrected chi connectivity index (χ4v) is 7.74. The smallest absolute Gasteiger partial charge is 0.311 e. The van der Waals surface area contributed by atoms with Crippen molar-refractivity contribution in [2.24, 2.45) is 5.41 Å². The second-order valence-electron chi connectivity index (χ2n) is 12.5. The maximum absolute atomic E-state index is 13.7. The van der Waals surface area contributed by atoms with Gasteiger partial charge in [0.1, 0.15) is 11.6 Å². The number of aromatic hydroxyl groups is 1. The lowest BCUT2D eigenvalue weighted by Crippen LogP contribution is -2.54. The number of halogens is 1. The SMILES string of the molecule is Cc1cc(CNC(=O)c2nc3n(c(=O)c2O)CC2(CN4CCS(=O)(=O)CC4)CCC3(NC(=O)C(=O)N(C)C)CC2)ccc1F. The predicted octanol–water partition coefficient (Wildman–Crippen LogP) is 0.0305. The van der Waals surface area contributed by atoms with Crippen LogP contribution in [0.5, 0.6) is 5.75 Å². The Morgan fingerprint density at radius 2 is 1.77 bits per heavy atom. The number of amides is 3. The van der Waals surface area contributed by atoms with Crippen LogP contribution in [0.25, 0.3) is 0 Å². The number of likely N-dealkylation sites (N-methyl/N-ethyl adjacent to an activating group) is 1. The molecule has 13 nitrogen and oxygen atoms in total. The Kier molecular flexibility index (Phi) is 8.31. The van der Waals surface area contributed by atoms with Crippen molar-refractivity contribution >= 4 is 27.6 Å². The van der Waals surface area contributed by atoms with Crippen LogP contribution in [0.2, 0.25) is 0 Å². The zero-order chi connectivity index (χ0) is 32.0. The number of fused-ring (bicyclic) bond motifs is 2. The highest BCUT2D eigenvalue weighted by atomic mass is 32.2. The summed E-state index contributed by atoms with van der Waals surface area (Å²) in [5.74, 6) is -3.60. The number of hydrogen-bond donors (Lipinski definition) is 3. The number of carbonyl (C=O) groups excluding carboxylic acids is 3. The van der Waals surface area contributed by atoms with E-state index in [9.17, 15) is 37.1 Å². The molecule has 0 unspecified atom stereocenters. The summed E-state index contributed by atoms with van der Waals surface area (Å²) in [4.78, 5) is 60.3. The van der Waals surface area contributed by atoms with Gasteiger partial charge >= 0.3 is 11.8 Å². The fraction of sp³-hybridized carbons (Fsp3) is 0.552. The summed E-state index contributed by atoms with van der Waals surface area (Å²) in [6, 6.07) is 4.35. The van der Waals surface area contributed by atoms with E-state index in [4.69, 9.17) is 0 Å². The highest BCUT2D eigenvalue weighted by Gasteiger charge is 2.52. The van der Waals surface area contributed by atoms with Crippen molar-refractivity contribution in [1.29, 1.82) is 0 Å². The molecule has 1 saturated heterocycles. The Balaban J connectivity index is 1.51. The van der Waals surface area contributed by atoms with Crippen LogP contribution in [0.15, 0.2) is 23.0 Å². The number of sulfone groups is 1. The lowest BCUT2D eigenvalue weighted by atomic mass is 9.68. The number of hydrogen-bond acceptors (Lipinski definition) is 9. The molecule has 15 heteroatoms. The molecule has 0 atom stereocenters. The van der Waals surface area contributed by atoms with Crippen LogP contribution < -0.4 is 16.2 Å². The molecule has 4 aliphatic rings. The first-order chi connectivity index (χ1) is 20.6. The molecule has 1 aromatic heterocycles. The Bertz CT molecular complexity index is 1670. The Morgan fingerprint density at radius 1 is 1.11 bits per heavy atom. The second kappa shape index (κ2) is 11.6. The third-order valence-corrected chi connectivity index (χ3v) is 10.7. The number of aryl methyl sites for hydroxylation is 1. The van der Waals surface area contributed by atoms with Crippen LogP contribution in [0.3, 0.4) is 0 Å². The second-order valence-corrected chi connectivity index (χ2v) is 14.8. The van der Waals surface area contributed by atoms with Crippen molar-refractivity contribution < 1.29 is 32.3 Å². The molecule has 4 heterocycles. The zero-order valence-corrected chi connectivity index (χ0v) is 25.8. The number of nitrogens with one attached hydrogen (secondary N) is 2. The van der Waals surface area contributed by atoms with Crippen LogP contribution in [-0.2, 0) is 38.1 Å². The van der Waals surface area contributed by atoms with Gasteiger partial charge in [-0.25, -0.2) is 17.8 Å². The summed E-state index contributed by atoms with van der Waals surface area (Å²) >= 11 is 0. The lowest BCUT2D eigenvalue weighted by Gasteiger charge is -2.44. The number of carbonyl (C=O) groups is 3.